The largest absolute Gasteiger partial charge is 0.390 e. The zero-order valence-electron chi connectivity index (χ0n) is 20.6. The van der Waals surface area contributed by atoms with E-state index in [0.29, 0.717) is 12.6 Å². The summed E-state index contributed by atoms with van der Waals surface area (Å²) in [7, 11) is 0. The SMILES string of the molecule is CCN(CC)C[C@H](O)[C@@H]([C@@H]1CN1Cc1ccccc1)N(Cc1ccccc1)Cc1ccccc1. The fourth-order valence-corrected chi connectivity index (χ4v) is 5.02. The molecule has 0 amide bonds. The number of benzene rings is 3. The lowest BCUT2D eigenvalue weighted by atomic mass is 10.0. The molecule has 1 unspecified atom stereocenters. The molecule has 0 aliphatic carbocycles. The number of nitrogens with zero attached hydrogens (tertiary/aromatic N) is 3. The lowest BCUT2D eigenvalue weighted by Crippen LogP contribution is -2.51. The third-order valence-electron chi connectivity index (χ3n) is 6.99. The number of hydrogen-bond acceptors (Lipinski definition) is 4. The van der Waals surface area contributed by atoms with Crippen LogP contribution in [-0.4, -0.2) is 64.2 Å². The van der Waals surface area contributed by atoms with Crippen molar-refractivity contribution in [2.24, 2.45) is 0 Å². The van der Waals surface area contributed by atoms with Crippen LogP contribution in [0.4, 0.5) is 0 Å². The van der Waals surface area contributed by atoms with Gasteiger partial charge in [0.15, 0.2) is 0 Å². The molecule has 0 radical (unpaired) electrons. The summed E-state index contributed by atoms with van der Waals surface area (Å²) in [6.45, 7) is 10.6. The van der Waals surface area contributed by atoms with Crippen LogP contribution in [0, 0.1) is 0 Å². The van der Waals surface area contributed by atoms with E-state index in [1.54, 1.807) is 0 Å². The summed E-state index contributed by atoms with van der Waals surface area (Å²) in [6.07, 6.45) is -0.418. The number of likely N-dealkylation sites (N-methyl/N-ethyl adjacent to an activating group) is 1. The normalized spacial score (nSPS) is 19.3. The minimum atomic E-state index is -0.418. The van der Waals surface area contributed by atoms with E-state index in [1.165, 1.54) is 16.7 Å². The van der Waals surface area contributed by atoms with Crippen LogP contribution in [0.5, 0.6) is 0 Å². The first kappa shape index (κ1) is 24.6. The van der Waals surface area contributed by atoms with Crippen LogP contribution in [-0.2, 0) is 19.6 Å². The number of aliphatic hydroxyl groups is 1. The first-order valence-electron chi connectivity index (χ1n) is 12.7. The van der Waals surface area contributed by atoms with Gasteiger partial charge >= 0.3 is 0 Å². The van der Waals surface area contributed by atoms with E-state index in [1.807, 2.05) is 0 Å². The van der Waals surface area contributed by atoms with Gasteiger partial charge in [0.25, 0.3) is 0 Å². The molecule has 0 bridgehead atoms. The van der Waals surface area contributed by atoms with E-state index in [-0.39, 0.29) is 6.04 Å². The molecule has 180 valence electrons. The molecule has 3 aromatic carbocycles. The third-order valence-corrected chi connectivity index (χ3v) is 6.99. The molecule has 34 heavy (non-hydrogen) atoms. The number of aliphatic hydroxyl groups excluding tert-OH is 1. The number of rotatable bonds is 13. The van der Waals surface area contributed by atoms with Gasteiger partial charge in [-0.2, -0.15) is 0 Å². The molecule has 4 atom stereocenters. The Labute approximate surface area is 205 Å². The molecule has 1 saturated heterocycles. The smallest absolute Gasteiger partial charge is 0.0838 e. The molecule has 1 aliphatic rings. The van der Waals surface area contributed by atoms with Crippen molar-refractivity contribution in [1.29, 1.82) is 0 Å². The number of hydrogen-bond donors (Lipinski definition) is 1. The van der Waals surface area contributed by atoms with E-state index < -0.39 is 6.10 Å². The average molecular weight is 458 g/mol. The Balaban J connectivity index is 1.59. The maximum atomic E-state index is 11.7. The van der Waals surface area contributed by atoms with E-state index in [0.717, 1.165) is 39.3 Å². The Morgan fingerprint density at radius 3 is 1.71 bits per heavy atom. The van der Waals surface area contributed by atoms with E-state index in [2.05, 4.69) is 120 Å². The summed E-state index contributed by atoms with van der Waals surface area (Å²) in [4.78, 5) is 7.35. The molecular weight excluding hydrogens is 418 g/mol. The van der Waals surface area contributed by atoms with Crippen molar-refractivity contribution in [2.75, 3.05) is 26.2 Å². The molecule has 4 heteroatoms. The Hall–Kier alpha value is -2.50. The molecule has 3 aromatic rings. The van der Waals surface area contributed by atoms with Crippen molar-refractivity contribution in [3.63, 3.8) is 0 Å². The standard InChI is InChI=1S/C30H39N3O/c1-3-31(4-2)24-29(34)30(28-23-32(28)20-25-14-8-5-9-15-25)33(21-26-16-10-6-11-17-26)22-27-18-12-7-13-19-27/h5-19,28-30,34H,3-4,20-24H2,1-2H3/t28-,29-,30+,32?/m0/s1. The summed E-state index contributed by atoms with van der Waals surface area (Å²) in [6, 6.07) is 32.4. The molecular formula is C30H39N3O. The van der Waals surface area contributed by atoms with E-state index >= 15 is 0 Å². The zero-order valence-corrected chi connectivity index (χ0v) is 20.6. The zero-order chi connectivity index (χ0) is 23.8. The fourth-order valence-electron chi connectivity index (χ4n) is 5.02. The molecule has 1 N–H and O–H groups in total. The van der Waals surface area contributed by atoms with Crippen LogP contribution in [0.3, 0.4) is 0 Å². The predicted octanol–water partition coefficient (Wildman–Crippen LogP) is 4.64. The molecule has 1 fully saturated rings. The highest BCUT2D eigenvalue weighted by atomic mass is 16.3. The molecule has 4 rings (SSSR count). The van der Waals surface area contributed by atoms with Gasteiger partial charge in [0.05, 0.1) is 12.1 Å². The molecule has 0 spiro atoms. The second-order valence-corrected chi connectivity index (χ2v) is 9.40. The van der Waals surface area contributed by atoms with Crippen molar-refractivity contribution in [1.82, 2.24) is 14.7 Å². The molecule has 1 heterocycles. The first-order valence-corrected chi connectivity index (χ1v) is 12.7. The van der Waals surface area contributed by atoms with Crippen molar-refractivity contribution >= 4 is 0 Å². The molecule has 1 aliphatic heterocycles. The van der Waals surface area contributed by atoms with Gasteiger partial charge in [-0.1, -0.05) is 105 Å². The summed E-state index contributed by atoms with van der Waals surface area (Å²) < 4.78 is 0. The van der Waals surface area contributed by atoms with E-state index in [4.69, 9.17) is 0 Å². The summed E-state index contributed by atoms with van der Waals surface area (Å²) in [5.74, 6) is 0. The van der Waals surface area contributed by atoms with Gasteiger partial charge in [-0.05, 0) is 29.8 Å². The van der Waals surface area contributed by atoms with Crippen LogP contribution in [0.15, 0.2) is 91.0 Å². The Morgan fingerprint density at radius 2 is 1.24 bits per heavy atom. The van der Waals surface area contributed by atoms with Gasteiger partial charge in [0.1, 0.15) is 0 Å². The predicted molar refractivity (Wildman–Crippen MR) is 140 cm³/mol. The lowest BCUT2D eigenvalue weighted by molar-refractivity contribution is 0.0110. The van der Waals surface area contributed by atoms with Crippen LogP contribution in [0.1, 0.15) is 30.5 Å². The highest BCUT2D eigenvalue weighted by Gasteiger charge is 2.46. The highest BCUT2D eigenvalue weighted by Crippen LogP contribution is 2.31. The maximum absolute atomic E-state index is 11.7. The Bertz CT molecular complexity index is 921. The maximum Gasteiger partial charge on any atom is 0.0838 e. The minimum absolute atomic E-state index is 0.0599. The van der Waals surface area contributed by atoms with Gasteiger partial charge < -0.3 is 10.0 Å². The highest BCUT2D eigenvalue weighted by molar-refractivity contribution is 5.20. The summed E-state index contributed by atoms with van der Waals surface area (Å²) in [5, 5.41) is 11.7. The third kappa shape index (κ3) is 6.77. The first-order chi connectivity index (χ1) is 16.7. The van der Waals surface area contributed by atoms with Crippen molar-refractivity contribution < 1.29 is 5.11 Å². The van der Waals surface area contributed by atoms with Crippen LogP contribution in [0.2, 0.25) is 0 Å². The minimum Gasteiger partial charge on any atom is -0.390 e. The monoisotopic (exact) mass is 457 g/mol. The lowest BCUT2D eigenvalue weighted by Gasteiger charge is -2.37. The quantitative estimate of drug-likeness (QED) is 0.379. The van der Waals surface area contributed by atoms with Gasteiger partial charge in [-0.3, -0.25) is 9.80 Å². The molecule has 0 saturated carbocycles. The van der Waals surface area contributed by atoms with E-state index in [9.17, 15) is 5.11 Å². The van der Waals surface area contributed by atoms with Crippen LogP contribution < -0.4 is 0 Å². The van der Waals surface area contributed by atoms with Crippen LogP contribution >= 0.6 is 0 Å². The van der Waals surface area contributed by atoms with Crippen molar-refractivity contribution in [2.45, 2.75) is 51.7 Å². The van der Waals surface area contributed by atoms with Crippen LogP contribution in [0.25, 0.3) is 0 Å². The van der Waals surface area contributed by atoms with Gasteiger partial charge in [-0.25, -0.2) is 0 Å². The van der Waals surface area contributed by atoms with Gasteiger partial charge in [-0.15, -0.1) is 0 Å². The molecule has 4 nitrogen and oxygen atoms in total. The van der Waals surface area contributed by atoms with Crippen molar-refractivity contribution in [3.05, 3.63) is 108 Å². The van der Waals surface area contributed by atoms with Gasteiger partial charge in [0, 0.05) is 38.8 Å². The summed E-state index contributed by atoms with van der Waals surface area (Å²) >= 11 is 0. The second-order valence-electron chi connectivity index (χ2n) is 9.40. The Kier molecular flexibility index (Phi) is 8.89. The van der Waals surface area contributed by atoms with Gasteiger partial charge in [0.2, 0.25) is 0 Å². The van der Waals surface area contributed by atoms with Crippen molar-refractivity contribution in [3.8, 4) is 0 Å². The topological polar surface area (TPSA) is 29.7 Å². The summed E-state index contributed by atoms with van der Waals surface area (Å²) in [5.41, 5.74) is 3.90. The Morgan fingerprint density at radius 1 is 0.765 bits per heavy atom. The average Bonchev–Trinajstić information content (AvgIpc) is 3.62. The molecule has 0 aromatic heterocycles. The fraction of sp³-hybridized carbons (Fsp3) is 0.400. The second kappa shape index (κ2) is 12.3.